The summed E-state index contributed by atoms with van der Waals surface area (Å²) in [5.41, 5.74) is 0.592. The third-order valence-corrected chi connectivity index (χ3v) is 11.0. The van der Waals surface area contributed by atoms with Crippen LogP contribution in [0.2, 0.25) is 0 Å². The first-order chi connectivity index (χ1) is 17.6. The predicted molar refractivity (Wildman–Crippen MR) is 142 cm³/mol. The minimum absolute atomic E-state index is 0.0119. The third kappa shape index (κ3) is 7.53. The Labute approximate surface area is 223 Å². The molecule has 2 aromatic rings. The van der Waals surface area contributed by atoms with Gasteiger partial charge in [0.1, 0.15) is 18.5 Å². The monoisotopic (exact) mass is 568 g/mol. The van der Waals surface area contributed by atoms with Crippen LogP contribution in [0.4, 0.5) is 5.82 Å². The van der Waals surface area contributed by atoms with Crippen LogP contribution in [0.15, 0.2) is 24.4 Å². The van der Waals surface area contributed by atoms with Gasteiger partial charge in [0, 0.05) is 49.5 Å². The van der Waals surface area contributed by atoms with E-state index in [1.54, 1.807) is 24.3 Å². The first-order valence-corrected chi connectivity index (χ1v) is 15.0. The minimum atomic E-state index is -4.06. The Balaban J connectivity index is 2.26. The lowest BCUT2D eigenvalue weighted by Crippen LogP contribution is -2.48. The average Bonchev–Trinajstić information content (AvgIpc) is 2.84. The molecule has 15 heteroatoms. The molecule has 1 aromatic carbocycles. The first kappa shape index (κ1) is 30.7. The van der Waals surface area contributed by atoms with E-state index in [2.05, 4.69) is 20.6 Å². The maximum atomic E-state index is 12.9. The Morgan fingerprint density at radius 1 is 1.16 bits per heavy atom. The number of nitrogens with zero attached hydrogens (tertiary/aromatic N) is 4. The van der Waals surface area contributed by atoms with Gasteiger partial charge in [0.2, 0.25) is 5.82 Å². The molecular weight excluding hydrogens is 536 g/mol. The van der Waals surface area contributed by atoms with Crippen molar-refractivity contribution in [3.63, 3.8) is 0 Å². The van der Waals surface area contributed by atoms with Gasteiger partial charge in [-0.25, -0.2) is 26.8 Å². The molecule has 208 valence electrons. The number of nitrogens with one attached hydrogen (secondary N) is 2. The number of benzene rings is 1. The zero-order valence-corrected chi connectivity index (χ0v) is 23.7. The molecule has 0 aliphatic rings. The molecule has 1 heterocycles. The Morgan fingerprint density at radius 3 is 2.37 bits per heavy atom. The number of hydrogen-bond donors (Lipinski definition) is 2. The van der Waals surface area contributed by atoms with Gasteiger partial charge in [-0.1, -0.05) is 0 Å². The molecule has 1 amide bonds. The predicted octanol–water partition coefficient (Wildman–Crippen LogP) is 0.445. The summed E-state index contributed by atoms with van der Waals surface area (Å²) in [5, 5.41) is 14.6. The molecule has 0 aliphatic heterocycles. The molecule has 0 atom stereocenters. The molecular formula is C23H32N6O7S2. The standard InChI is InChI=1S/C23H32N6O7S2/c1-23(37(5,31)32,38(6,33)34)15-27-21-17(13-25-20(12-24)28-21)14-26-22(30)16-7-8-18(35-4)19(11-16)36-10-9-29(2)3/h7-8,11,13H,9-10,14-15H2,1-6H3,(H,26,30)(H,25,27,28). The minimum Gasteiger partial charge on any atom is -0.493 e. The lowest BCUT2D eigenvalue weighted by molar-refractivity contribution is 0.0950. The van der Waals surface area contributed by atoms with Crippen LogP contribution < -0.4 is 20.1 Å². The number of hydrogen-bond acceptors (Lipinski definition) is 12. The van der Waals surface area contributed by atoms with Gasteiger partial charge >= 0.3 is 0 Å². The smallest absolute Gasteiger partial charge is 0.251 e. The fourth-order valence-corrected chi connectivity index (χ4v) is 5.94. The van der Waals surface area contributed by atoms with Crippen LogP contribution in [0.5, 0.6) is 11.5 Å². The molecule has 38 heavy (non-hydrogen) atoms. The second kappa shape index (κ2) is 12.4. The van der Waals surface area contributed by atoms with Gasteiger partial charge in [0.25, 0.3) is 5.91 Å². The van der Waals surface area contributed by atoms with E-state index >= 15 is 0 Å². The Bertz CT molecular complexity index is 1390. The molecule has 0 saturated heterocycles. The van der Waals surface area contributed by atoms with Crippen molar-refractivity contribution in [2.45, 2.75) is 17.5 Å². The summed E-state index contributed by atoms with van der Waals surface area (Å²) in [4.78, 5) is 22.7. The molecule has 2 rings (SSSR count). The summed E-state index contributed by atoms with van der Waals surface area (Å²) >= 11 is 0. The molecule has 0 spiro atoms. The van der Waals surface area contributed by atoms with Gasteiger partial charge in [-0.05, 0) is 39.2 Å². The number of nitriles is 1. The fraction of sp³-hybridized carbons (Fsp3) is 0.478. The van der Waals surface area contributed by atoms with Gasteiger partial charge in [-0.15, -0.1) is 0 Å². The highest BCUT2D eigenvalue weighted by Crippen LogP contribution is 2.28. The molecule has 2 N–H and O–H groups in total. The van der Waals surface area contributed by atoms with Crippen LogP contribution in [-0.2, 0) is 26.2 Å². The number of sulfone groups is 2. The van der Waals surface area contributed by atoms with E-state index in [4.69, 9.17) is 9.47 Å². The number of aromatic nitrogens is 2. The van der Waals surface area contributed by atoms with Crippen molar-refractivity contribution in [1.29, 1.82) is 5.26 Å². The number of rotatable bonds is 13. The van der Waals surface area contributed by atoms with Crippen LogP contribution in [0, 0.1) is 11.3 Å². The topological polar surface area (TPSA) is 181 Å². The first-order valence-electron chi connectivity index (χ1n) is 11.3. The largest absolute Gasteiger partial charge is 0.493 e. The molecule has 0 bridgehead atoms. The van der Waals surface area contributed by atoms with Crippen molar-refractivity contribution in [1.82, 2.24) is 20.2 Å². The summed E-state index contributed by atoms with van der Waals surface area (Å²) in [7, 11) is -2.81. The summed E-state index contributed by atoms with van der Waals surface area (Å²) in [6, 6.07) is 6.48. The Hall–Kier alpha value is -3.48. The fourth-order valence-electron chi connectivity index (χ4n) is 3.07. The normalized spacial score (nSPS) is 12.1. The number of anilines is 1. The van der Waals surface area contributed by atoms with E-state index in [-0.39, 0.29) is 23.8 Å². The quantitative estimate of drug-likeness (QED) is 0.341. The highest BCUT2D eigenvalue weighted by Gasteiger charge is 2.46. The van der Waals surface area contributed by atoms with Crippen LogP contribution in [0.3, 0.4) is 0 Å². The van der Waals surface area contributed by atoms with Crippen molar-refractivity contribution >= 4 is 31.4 Å². The molecule has 13 nitrogen and oxygen atoms in total. The maximum Gasteiger partial charge on any atom is 0.251 e. The number of methoxy groups -OCH3 is 1. The second-order valence-electron chi connectivity index (χ2n) is 8.91. The Morgan fingerprint density at radius 2 is 1.82 bits per heavy atom. The number of carbonyl (C=O) groups excluding carboxylic acids is 1. The lowest BCUT2D eigenvalue weighted by Gasteiger charge is -2.26. The van der Waals surface area contributed by atoms with Crippen molar-refractivity contribution in [2.75, 3.05) is 58.7 Å². The lowest BCUT2D eigenvalue weighted by atomic mass is 10.2. The Kier molecular flexibility index (Phi) is 10.0. The molecule has 0 fully saturated rings. The van der Waals surface area contributed by atoms with Crippen LogP contribution >= 0.6 is 0 Å². The van der Waals surface area contributed by atoms with Crippen molar-refractivity contribution < 1.29 is 31.1 Å². The zero-order chi connectivity index (χ0) is 28.7. The summed E-state index contributed by atoms with van der Waals surface area (Å²) < 4.78 is 58.0. The number of amides is 1. The average molecular weight is 569 g/mol. The van der Waals surface area contributed by atoms with Crippen LogP contribution in [-0.4, -0.2) is 95.1 Å². The molecule has 0 radical (unpaired) electrons. The van der Waals surface area contributed by atoms with E-state index < -0.39 is 36.2 Å². The van der Waals surface area contributed by atoms with Crippen molar-refractivity contribution in [2.24, 2.45) is 0 Å². The van der Waals surface area contributed by atoms with Gasteiger partial charge in [0.05, 0.1) is 7.11 Å². The van der Waals surface area contributed by atoms with Crippen LogP contribution in [0.25, 0.3) is 0 Å². The van der Waals surface area contributed by atoms with Gasteiger partial charge in [-0.3, -0.25) is 4.79 Å². The van der Waals surface area contributed by atoms with Gasteiger partial charge in [0.15, 0.2) is 35.3 Å². The summed E-state index contributed by atoms with van der Waals surface area (Å²) in [6.07, 6.45) is 2.94. The number of ether oxygens (including phenoxy) is 2. The van der Waals surface area contributed by atoms with Crippen molar-refractivity contribution in [3.8, 4) is 17.6 Å². The summed E-state index contributed by atoms with van der Waals surface area (Å²) in [6.45, 7) is 1.47. The highest BCUT2D eigenvalue weighted by atomic mass is 32.3. The molecule has 0 aliphatic carbocycles. The third-order valence-electron chi connectivity index (χ3n) is 5.77. The molecule has 1 aromatic heterocycles. The summed E-state index contributed by atoms with van der Waals surface area (Å²) in [5.74, 6) is 0.187. The highest BCUT2D eigenvalue weighted by molar-refractivity contribution is 8.09. The van der Waals surface area contributed by atoms with E-state index in [0.29, 0.717) is 30.2 Å². The van der Waals surface area contributed by atoms with Crippen molar-refractivity contribution in [3.05, 3.63) is 41.3 Å². The number of likely N-dealkylation sites (N-methyl/N-ethyl adjacent to an activating group) is 1. The van der Waals surface area contributed by atoms with E-state index in [1.807, 2.05) is 19.0 Å². The number of carbonyl (C=O) groups is 1. The maximum absolute atomic E-state index is 12.9. The SMILES string of the molecule is COc1ccc(C(=O)NCc2cnc(C#N)nc2NCC(C)(S(C)(=O)=O)S(C)(=O)=O)cc1OCCN(C)C. The zero-order valence-electron chi connectivity index (χ0n) is 22.1. The van der Waals surface area contributed by atoms with E-state index in [1.165, 1.54) is 13.3 Å². The molecule has 0 saturated carbocycles. The van der Waals surface area contributed by atoms with E-state index in [0.717, 1.165) is 19.4 Å². The second-order valence-corrected chi connectivity index (χ2v) is 14.1. The van der Waals surface area contributed by atoms with Gasteiger partial charge < -0.3 is 25.0 Å². The molecule has 0 unspecified atom stereocenters. The van der Waals surface area contributed by atoms with Gasteiger partial charge in [-0.2, -0.15) is 5.26 Å². The van der Waals surface area contributed by atoms with E-state index in [9.17, 15) is 26.9 Å². The van der Waals surface area contributed by atoms with Crippen LogP contribution in [0.1, 0.15) is 28.7 Å².